The first kappa shape index (κ1) is 28.8. The third kappa shape index (κ3) is 5.34. The zero-order valence-electron chi connectivity index (χ0n) is 24.3. The smallest absolute Gasteiger partial charge is 0.137 e. The first-order valence-electron chi connectivity index (χ1n) is 13.7. The van der Waals surface area contributed by atoms with Gasteiger partial charge in [-0.3, -0.25) is 4.98 Å². The molecule has 3 heterocycles. The third-order valence-corrected chi connectivity index (χ3v) is 7.57. The van der Waals surface area contributed by atoms with Crippen molar-refractivity contribution in [2.24, 2.45) is 0 Å². The van der Waals surface area contributed by atoms with Crippen LogP contribution in [0.1, 0.15) is 52.7 Å². The number of phenols is 1. The number of pyridine rings is 2. The summed E-state index contributed by atoms with van der Waals surface area (Å²) in [5, 5.41) is 12.8. The first-order chi connectivity index (χ1) is 19.0. The normalized spacial score (nSPS) is 12.0. The van der Waals surface area contributed by atoms with Gasteiger partial charge in [-0.1, -0.05) is 88.9 Å². The fourth-order valence-electron chi connectivity index (χ4n) is 5.22. The van der Waals surface area contributed by atoms with E-state index < -0.39 is 0 Å². The molecule has 6 aromatic rings. The monoisotopic (exact) mass is 719 g/mol. The van der Waals surface area contributed by atoms with Crippen molar-refractivity contribution in [2.45, 2.75) is 52.4 Å². The maximum atomic E-state index is 10.6. The van der Waals surface area contributed by atoms with E-state index in [9.17, 15) is 5.11 Å². The van der Waals surface area contributed by atoms with Gasteiger partial charge >= 0.3 is 0 Å². The Morgan fingerprint density at radius 3 is 2.12 bits per heavy atom. The summed E-state index contributed by atoms with van der Waals surface area (Å²) in [5.74, 6) is 1.06. The van der Waals surface area contributed by atoms with Gasteiger partial charge in [0.2, 0.25) is 0 Å². The van der Waals surface area contributed by atoms with Gasteiger partial charge in [0.05, 0.1) is 17.1 Å². The molecule has 0 aliphatic heterocycles. The zero-order valence-corrected chi connectivity index (χ0v) is 26.5. The maximum Gasteiger partial charge on any atom is 0.137 e. The van der Waals surface area contributed by atoms with E-state index in [2.05, 4.69) is 107 Å². The van der Waals surface area contributed by atoms with Crippen LogP contribution in [0.2, 0.25) is 0 Å². The van der Waals surface area contributed by atoms with Gasteiger partial charge in [-0.05, 0) is 69.3 Å². The summed E-state index contributed by atoms with van der Waals surface area (Å²) in [7, 11) is 0. The molecule has 210 valence electrons. The molecule has 4 nitrogen and oxygen atoms in total. The Balaban J connectivity index is 0.00000337. The van der Waals surface area contributed by atoms with Crippen LogP contribution in [0.5, 0.6) is 5.75 Å². The van der Waals surface area contributed by atoms with E-state index in [4.69, 9.17) is 9.97 Å². The number of benzene rings is 3. The molecule has 0 saturated heterocycles. The van der Waals surface area contributed by atoms with Crippen LogP contribution in [0.3, 0.4) is 0 Å². The number of aromatic nitrogens is 3. The molecule has 1 N–H and O–H groups in total. The van der Waals surface area contributed by atoms with Crippen molar-refractivity contribution in [1.82, 2.24) is 14.5 Å². The molecule has 0 aliphatic carbocycles. The van der Waals surface area contributed by atoms with Crippen molar-refractivity contribution in [2.75, 3.05) is 0 Å². The Kier molecular flexibility index (Phi) is 7.42. The molecule has 0 fully saturated rings. The summed E-state index contributed by atoms with van der Waals surface area (Å²) in [5.41, 5.74) is 7.57. The fourth-order valence-corrected chi connectivity index (χ4v) is 5.22. The average molecular weight is 720 g/mol. The number of phenolic OH excluding ortho intramolecular Hbond substituents is 1. The van der Waals surface area contributed by atoms with Crippen LogP contribution in [0, 0.1) is 6.07 Å². The predicted molar refractivity (Wildman–Crippen MR) is 165 cm³/mol. The maximum absolute atomic E-state index is 10.6. The third-order valence-electron chi connectivity index (χ3n) is 7.57. The van der Waals surface area contributed by atoms with Crippen LogP contribution < -0.4 is 0 Å². The van der Waals surface area contributed by atoms with E-state index in [1.54, 1.807) is 6.07 Å². The largest absolute Gasteiger partial charge is 0.517 e. The van der Waals surface area contributed by atoms with Crippen molar-refractivity contribution >= 4 is 21.8 Å². The molecule has 0 amide bonds. The summed E-state index contributed by atoms with van der Waals surface area (Å²) < 4.78 is 2.19. The number of fused-ring (bicyclic) bond motifs is 3. The molecular weight excluding hydrogens is 685 g/mol. The van der Waals surface area contributed by atoms with E-state index in [1.807, 2.05) is 30.5 Å². The minimum absolute atomic E-state index is 0. The van der Waals surface area contributed by atoms with Crippen LogP contribution in [0.4, 0.5) is 0 Å². The first-order valence-corrected chi connectivity index (χ1v) is 13.7. The SMILES string of the molecule is CC(C)(C)c1ccnc(-c2cc(C(C)(C)C)cc(-n3c4[c-]c(-c5ccccc5O)ccc4c4ccccc43)n2)c1.[Pt]. The Morgan fingerprint density at radius 1 is 0.707 bits per heavy atom. The molecule has 0 saturated carbocycles. The van der Waals surface area contributed by atoms with E-state index >= 15 is 0 Å². The minimum Gasteiger partial charge on any atom is -0.517 e. The second-order valence-electron chi connectivity index (χ2n) is 12.5. The molecule has 0 bridgehead atoms. The second-order valence-corrected chi connectivity index (χ2v) is 12.5. The van der Waals surface area contributed by atoms with Crippen LogP contribution in [0.25, 0.3) is 50.1 Å². The van der Waals surface area contributed by atoms with E-state index in [0.29, 0.717) is 0 Å². The molecule has 6 rings (SSSR count). The average Bonchev–Trinajstić information content (AvgIpc) is 3.26. The molecule has 0 aliphatic rings. The Labute approximate surface area is 256 Å². The molecule has 0 spiro atoms. The van der Waals surface area contributed by atoms with Gasteiger partial charge in [-0.15, -0.1) is 23.8 Å². The number of aromatic hydroxyl groups is 1. The molecule has 41 heavy (non-hydrogen) atoms. The van der Waals surface area contributed by atoms with Gasteiger partial charge in [0.1, 0.15) is 5.82 Å². The molecule has 3 aromatic carbocycles. The Bertz CT molecular complexity index is 1890. The van der Waals surface area contributed by atoms with Crippen LogP contribution in [0.15, 0.2) is 91.1 Å². The van der Waals surface area contributed by atoms with Crippen LogP contribution in [-0.2, 0) is 31.9 Å². The molecular formula is C36H34N3OPt-. The summed E-state index contributed by atoms with van der Waals surface area (Å²) in [4.78, 5) is 9.98. The van der Waals surface area contributed by atoms with Crippen LogP contribution >= 0.6 is 0 Å². The molecule has 5 heteroatoms. The van der Waals surface area contributed by atoms with Gasteiger partial charge in [-0.2, -0.15) is 0 Å². The second kappa shape index (κ2) is 10.6. The molecule has 0 radical (unpaired) electrons. The Hall–Kier alpha value is -3.75. The predicted octanol–water partition coefficient (Wildman–Crippen LogP) is 9.01. The van der Waals surface area contributed by atoms with Crippen molar-refractivity contribution in [3.05, 3.63) is 108 Å². The van der Waals surface area contributed by atoms with E-state index in [1.165, 1.54) is 11.1 Å². The van der Waals surface area contributed by atoms with Gasteiger partial charge in [-0.25, -0.2) is 4.98 Å². The van der Waals surface area contributed by atoms with Crippen molar-refractivity contribution in [1.29, 1.82) is 0 Å². The Morgan fingerprint density at radius 2 is 1.39 bits per heavy atom. The molecule has 3 aromatic heterocycles. The summed E-state index contributed by atoms with van der Waals surface area (Å²) in [6.07, 6.45) is 1.88. The minimum atomic E-state index is -0.0997. The number of hydrogen-bond acceptors (Lipinski definition) is 3. The summed E-state index contributed by atoms with van der Waals surface area (Å²) in [6.45, 7) is 13.3. The zero-order chi connectivity index (χ0) is 28.2. The summed E-state index contributed by atoms with van der Waals surface area (Å²) >= 11 is 0. The molecule has 0 atom stereocenters. The van der Waals surface area contributed by atoms with Gasteiger partial charge in [0.15, 0.2) is 0 Å². The fraction of sp³-hybridized carbons (Fsp3) is 0.222. The topological polar surface area (TPSA) is 50.9 Å². The van der Waals surface area contributed by atoms with Crippen molar-refractivity contribution in [3.8, 4) is 34.1 Å². The standard InChI is InChI=1S/C36H34N3O.Pt/c1-35(2,3)24-17-18-37-29(20-24)30-21-25(36(4,5)6)22-34(38-30)39-31-13-9-7-12-27(31)28-16-15-23(19-32(28)39)26-11-8-10-14-33(26)40;/h7-18,20-22,40H,1-6H3;/q-1;. The number of para-hydroxylation sites is 2. The van der Waals surface area contributed by atoms with Crippen molar-refractivity contribution in [3.63, 3.8) is 0 Å². The quantitative estimate of drug-likeness (QED) is 0.186. The van der Waals surface area contributed by atoms with Crippen molar-refractivity contribution < 1.29 is 26.2 Å². The van der Waals surface area contributed by atoms with Gasteiger partial charge in [0, 0.05) is 32.8 Å². The van der Waals surface area contributed by atoms with Gasteiger partial charge in [0.25, 0.3) is 0 Å². The number of nitrogens with zero attached hydrogens (tertiary/aromatic N) is 3. The molecule has 0 unspecified atom stereocenters. The van der Waals surface area contributed by atoms with Crippen LogP contribution in [-0.4, -0.2) is 19.6 Å². The summed E-state index contributed by atoms with van der Waals surface area (Å²) in [6, 6.07) is 32.2. The number of hydrogen-bond donors (Lipinski definition) is 1. The van der Waals surface area contributed by atoms with E-state index in [0.717, 1.165) is 50.1 Å². The van der Waals surface area contributed by atoms with Gasteiger partial charge < -0.3 is 9.67 Å². The number of rotatable bonds is 3. The van der Waals surface area contributed by atoms with E-state index in [-0.39, 0.29) is 37.6 Å².